The van der Waals surface area contributed by atoms with Crippen LogP contribution in [0.3, 0.4) is 0 Å². The summed E-state index contributed by atoms with van der Waals surface area (Å²) in [5.74, 6) is 0.758. The zero-order chi connectivity index (χ0) is 17.1. The first kappa shape index (κ1) is 17.2. The first-order valence-electron chi connectivity index (χ1n) is 8.57. The van der Waals surface area contributed by atoms with Gasteiger partial charge >= 0.3 is 0 Å². The zero-order valence-corrected chi connectivity index (χ0v) is 15.1. The van der Waals surface area contributed by atoms with Gasteiger partial charge in [0.05, 0.1) is 0 Å². The van der Waals surface area contributed by atoms with Gasteiger partial charge in [-0.15, -0.1) is 0 Å². The van der Waals surface area contributed by atoms with Gasteiger partial charge in [0, 0.05) is 37.2 Å². The maximum Gasteiger partial charge on any atom is 0.225 e. The van der Waals surface area contributed by atoms with Crippen LogP contribution >= 0.6 is 11.8 Å². The van der Waals surface area contributed by atoms with E-state index < -0.39 is 0 Å². The van der Waals surface area contributed by atoms with Gasteiger partial charge in [0.2, 0.25) is 11.8 Å². The van der Waals surface area contributed by atoms with Crippen molar-refractivity contribution in [2.45, 2.75) is 56.6 Å². The Morgan fingerprint density at radius 2 is 2.12 bits per heavy atom. The molecule has 7 heteroatoms. The van der Waals surface area contributed by atoms with Crippen molar-refractivity contribution in [1.29, 1.82) is 0 Å². The molecule has 0 spiro atoms. The smallest absolute Gasteiger partial charge is 0.225 e. The lowest BCUT2D eigenvalue weighted by Gasteiger charge is -2.29. The first-order chi connectivity index (χ1) is 11.6. The Hall–Kier alpha value is -1.63. The highest BCUT2D eigenvalue weighted by atomic mass is 32.2. The molecular formula is C17H24N4O2S. The van der Waals surface area contributed by atoms with Crippen LogP contribution in [-0.4, -0.2) is 40.6 Å². The van der Waals surface area contributed by atoms with E-state index in [1.54, 1.807) is 13.1 Å². The van der Waals surface area contributed by atoms with Crippen molar-refractivity contribution < 1.29 is 9.59 Å². The molecule has 0 radical (unpaired) electrons. The average Bonchev–Trinajstić information content (AvgIpc) is 3.21. The van der Waals surface area contributed by atoms with E-state index in [1.165, 1.54) is 11.8 Å². The largest absolute Gasteiger partial charge is 0.356 e. The maximum absolute atomic E-state index is 12.4. The summed E-state index contributed by atoms with van der Waals surface area (Å²) in [7, 11) is 0. The molecule has 2 heterocycles. The minimum absolute atomic E-state index is 0.0183. The Morgan fingerprint density at radius 3 is 2.71 bits per heavy atom. The number of anilines is 1. The Balaban J connectivity index is 1.95. The van der Waals surface area contributed by atoms with Gasteiger partial charge in [0.15, 0.2) is 5.16 Å². The maximum atomic E-state index is 12.4. The number of hydrogen-bond donors (Lipinski definition) is 1. The molecule has 1 aliphatic carbocycles. The van der Waals surface area contributed by atoms with Gasteiger partial charge < -0.3 is 5.32 Å². The minimum atomic E-state index is -0.0511. The molecule has 6 nitrogen and oxygen atoms in total. The SMILES string of the molecule is CSc1ncc(CC2CCNC2=O)c(N(C(C)=O)C2CCCC2)n1. The number of thioether (sulfide) groups is 1. The molecule has 3 rings (SSSR count). The van der Waals surface area contributed by atoms with Crippen LogP contribution in [0.15, 0.2) is 11.4 Å². The number of carbonyl (C=O) groups is 2. The van der Waals surface area contributed by atoms with Crippen molar-refractivity contribution in [3.63, 3.8) is 0 Å². The highest BCUT2D eigenvalue weighted by Gasteiger charge is 2.31. The molecule has 130 valence electrons. The van der Waals surface area contributed by atoms with Crippen LogP contribution < -0.4 is 10.2 Å². The minimum Gasteiger partial charge on any atom is -0.356 e. The Morgan fingerprint density at radius 1 is 1.38 bits per heavy atom. The van der Waals surface area contributed by atoms with Crippen LogP contribution in [0.2, 0.25) is 0 Å². The van der Waals surface area contributed by atoms with E-state index in [1.807, 2.05) is 11.2 Å². The molecule has 1 saturated carbocycles. The van der Waals surface area contributed by atoms with Crippen LogP contribution in [0, 0.1) is 5.92 Å². The van der Waals surface area contributed by atoms with Gasteiger partial charge in [0.25, 0.3) is 0 Å². The van der Waals surface area contributed by atoms with Gasteiger partial charge in [-0.05, 0) is 31.9 Å². The fourth-order valence-electron chi connectivity index (χ4n) is 3.68. The Labute approximate surface area is 146 Å². The van der Waals surface area contributed by atoms with Crippen molar-refractivity contribution >= 4 is 29.4 Å². The molecule has 2 fully saturated rings. The lowest BCUT2D eigenvalue weighted by molar-refractivity contribution is -0.122. The molecule has 2 aliphatic rings. The van der Waals surface area contributed by atoms with Crippen LogP contribution in [0.25, 0.3) is 0 Å². The summed E-state index contributed by atoms with van der Waals surface area (Å²) in [5.41, 5.74) is 0.900. The molecule has 1 aliphatic heterocycles. The molecule has 1 atom stereocenters. The first-order valence-corrected chi connectivity index (χ1v) is 9.80. The Bertz CT molecular complexity index is 631. The molecule has 2 amide bonds. The van der Waals surface area contributed by atoms with Gasteiger partial charge in [-0.2, -0.15) is 0 Å². The molecule has 1 aromatic rings. The summed E-state index contributed by atoms with van der Waals surface area (Å²) in [4.78, 5) is 35.2. The molecule has 0 aromatic carbocycles. The van der Waals surface area contributed by atoms with Gasteiger partial charge in [0.1, 0.15) is 5.82 Å². The fourth-order valence-corrected chi connectivity index (χ4v) is 4.02. The summed E-state index contributed by atoms with van der Waals surface area (Å²) < 4.78 is 0. The second-order valence-corrected chi connectivity index (χ2v) is 7.29. The summed E-state index contributed by atoms with van der Waals surface area (Å²) in [6, 6.07) is 0.211. The topological polar surface area (TPSA) is 75.2 Å². The highest BCUT2D eigenvalue weighted by molar-refractivity contribution is 7.98. The fraction of sp³-hybridized carbons (Fsp3) is 0.647. The van der Waals surface area contributed by atoms with Crippen molar-refractivity contribution in [3.8, 4) is 0 Å². The summed E-state index contributed by atoms with van der Waals surface area (Å²) in [6.07, 6.45) is 9.47. The number of nitrogens with one attached hydrogen (secondary N) is 1. The zero-order valence-electron chi connectivity index (χ0n) is 14.2. The third kappa shape index (κ3) is 3.55. The number of nitrogens with zero attached hydrogens (tertiary/aromatic N) is 3. The van der Waals surface area contributed by atoms with Crippen molar-refractivity contribution in [3.05, 3.63) is 11.8 Å². The van der Waals surface area contributed by atoms with E-state index in [0.717, 1.165) is 44.2 Å². The molecule has 0 bridgehead atoms. The standard InChI is InChI=1S/C17H24N4O2S/c1-11(22)21(14-5-3-4-6-14)15-13(10-19-17(20-15)24-2)9-12-7-8-18-16(12)23/h10,12,14H,3-9H2,1-2H3,(H,18,23). The predicted molar refractivity (Wildman–Crippen MR) is 94.0 cm³/mol. The number of rotatable bonds is 5. The second kappa shape index (κ2) is 7.51. The molecule has 1 aromatic heterocycles. The number of amides is 2. The normalized spacial score (nSPS) is 21.1. The quantitative estimate of drug-likeness (QED) is 0.652. The summed E-state index contributed by atoms with van der Waals surface area (Å²) in [6.45, 7) is 2.33. The van der Waals surface area contributed by atoms with Crippen molar-refractivity contribution in [2.24, 2.45) is 5.92 Å². The monoisotopic (exact) mass is 348 g/mol. The summed E-state index contributed by atoms with van der Waals surface area (Å²) in [5, 5.41) is 3.54. The number of carbonyl (C=O) groups excluding carboxylic acids is 2. The van der Waals surface area contributed by atoms with Gasteiger partial charge in [-0.1, -0.05) is 24.6 Å². The number of aromatic nitrogens is 2. The van der Waals surface area contributed by atoms with Crippen molar-refractivity contribution in [2.75, 3.05) is 17.7 Å². The van der Waals surface area contributed by atoms with E-state index in [4.69, 9.17) is 0 Å². The van der Waals surface area contributed by atoms with Crippen LogP contribution in [-0.2, 0) is 16.0 Å². The van der Waals surface area contributed by atoms with Gasteiger partial charge in [-0.25, -0.2) is 9.97 Å². The van der Waals surface area contributed by atoms with Crippen LogP contribution in [0.5, 0.6) is 0 Å². The highest BCUT2D eigenvalue weighted by Crippen LogP contribution is 2.32. The van der Waals surface area contributed by atoms with Crippen LogP contribution in [0.4, 0.5) is 5.82 Å². The number of hydrogen-bond acceptors (Lipinski definition) is 5. The second-order valence-electron chi connectivity index (χ2n) is 6.51. The average molecular weight is 348 g/mol. The molecule has 1 saturated heterocycles. The lowest BCUT2D eigenvalue weighted by atomic mass is 9.98. The molecule has 1 N–H and O–H groups in total. The van der Waals surface area contributed by atoms with Crippen LogP contribution in [0.1, 0.15) is 44.6 Å². The molecule has 24 heavy (non-hydrogen) atoms. The van der Waals surface area contributed by atoms with E-state index >= 15 is 0 Å². The predicted octanol–water partition coefficient (Wildman–Crippen LogP) is 2.17. The molecular weight excluding hydrogens is 324 g/mol. The van der Waals surface area contributed by atoms with E-state index in [-0.39, 0.29) is 23.8 Å². The molecule has 1 unspecified atom stereocenters. The van der Waals surface area contributed by atoms with E-state index in [2.05, 4.69) is 15.3 Å². The third-order valence-corrected chi connectivity index (χ3v) is 5.45. The summed E-state index contributed by atoms with van der Waals surface area (Å²) >= 11 is 1.47. The lowest BCUT2D eigenvalue weighted by Crippen LogP contribution is -2.39. The Kier molecular flexibility index (Phi) is 5.38. The van der Waals surface area contributed by atoms with E-state index in [0.29, 0.717) is 17.4 Å². The van der Waals surface area contributed by atoms with Crippen molar-refractivity contribution in [1.82, 2.24) is 15.3 Å². The third-order valence-electron chi connectivity index (χ3n) is 4.89. The van der Waals surface area contributed by atoms with E-state index in [9.17, 15) is 9.59 Å². The van der Waals surface area contributed by atoms with Gasteiger partial charge in [-0.3, -0.25) is 14.5 Å².